The number of nitrogen functional groups attached to an aromatic ring is 1. The number of hydrogen-bond acceptors (Lipinski definition) is 16. The first-order valence-corrected chi connectivity index (χ1v) is 25.9. The number of carbonyl (C=O) groups is 1. The molecule has 0 atom stereocenters. The van der Waals surface area contributed by atoms with E-state index >= 15 is 0 Å². The maximum atomic E-state index is 11.9. The number of aromatic hydroxyl groups is 1. The van der Waals surface area contributed by atoms with Gasteiger partial charge in [0.1, 0.15) is 46.6 Å². The van der Waals surface area contributed by atoms with Gasteiger partial charge < -0.3 is 37.3 Å². The van der Waals surface area contributed by atoms with Crippen molar-refractivity contribution in [3.8, 4) is 5.75 Å². The molecule has 11 rings (SSSR count). The van der Waals surface area contributed by atoms with Crippen molar-refractivity contribution < 1.29 is 36.4 Å². The molecule has 408 valence electrons. The topological polar surface area (TPSA) is 293 Å². The lowest BCUT2D eigenvalue weighted by atomic mass is 9.88. The van der Waals surface area contributed by atoms with E-state index < -0.39 is 16.9 Å². The summed E-state index contributed by atoms with van der Waals surface area (Å²) in [5.41, 5.74) is 18.2. The number of nitrogens with zero attached hydrogens (tertiary/aromatic N) is 3. The molecular formula is C59H61BrN4O14. The van der Waals surface area contributed by atoms with Gasteiger partial charge in [-0.05, 0) is 199 Å². The number of fused-ring (bicyclic) bond motifs is 5. The van der Waals surface area contributed by atoms with Crippen LogP contribution in [0.1, 0.15) is 108 Å². The number of benzene rings is 2. The fraction of sp³-hybridized carbons (Fsp3) is 0.305. The molecule has 78 heavy (non-hydrogen) atoms. The Bertz CT molecular complexity index is 3620. The Hall–Kier alpha value is -8.54. The monoisotopic (exact) mass is 1130 g/mol. The van der Waals surface area contributed by atoms with Gasteiger partial charge in [-0.2, -0.15) is 0 Å². The minimum atomic E-state index is -0.521. The molecule has 0 saturated carbocycles. The molecule has 6 heterocycles. The Morgan fingerprint density at radius 3 is 1.62 bits per heavy atom. The summed E-state index contributed by atoms with van der Waals surface area (Å²) in [5.74, 6) is 3.33. The molecule has 0 fully saturated rings. The molecule has 0 amide bonds. The van der Waals surface area contributed by atoms with Crippen LogP contribution < -0.4 is 39.5 Å². The Kier molecular flexibility index (Phi) is 23.0. The van der Waals surface area contributed by atoms with Gasteiger partial charge in [0.05, 0.1) is 16.8 Å². The normalized spacial score (nSPS) is 12.7. The Morgan fingerprint density at radius 2 is 1.08 bits per heavy atom. The zero-order valence-corrected chi connectivity index (χ0v) is 45.9. The van der Waals surface area contributed by atoms with E-state index in [1.165, 1.54) is 85.0 Å². The first kappa shape index (κ1) is 60.3. The molecule has 19 heteroatoms. The molecule has 6 aromatic heterocycles. The number of azide groups is 1. The summed E-state index contributed by atoms with van der Waals surface area (Å²) in [6.45, 7) is 10.3. The van der Waals surface area contributed by atoms with Crippen molar-refractivity contribution in [1.82, 2.24) is 0 Å². The van der Waals surface area contributed by atoms with Crippen molar-refractivity contribution in [2.45, 2.75) is 119 Å². The zero-order valence-electron chi connectivity index (χ0n) is 44.3. The number of nitrogens with two attached hydrogens (primary N) is 1. The molecule has 3 N–H and O–H groups in total. The van der Waals surface area contributed by atoms with E-state index in [0.29, 0.717) is 40.2 Å². The number of hydrogen-bond donors (Lipinski definition) is 2. The minimum Gasteiger partial charge on any atom is -0.508 e. The highest BCUT2D eigenvalue weighted by molar-refractivity contribution is 9.10. The number of halogens is 1. The standard InChI is InChI=1S/2C14H14O2.C7H10O.C6H5BrO2.C6H5N3O2.C6H7NO2.C6H6O3/c1-9-6-12-7-10-4-2-3-5-11(10)8-13(12)14(15)16-9;1-9-8-11-7-6-10-4-2-3-5-12(10)13(11)14(15)16-9;8-6-7-4-2-1-3-5-7;1-4-2-5(7)3-6(8)9-4;1-4-2-5(8-9-7)3-6(10)11-4;2*1-4-2-5(7)3-6(8)9-4/h2*6-8H,2-5H2,1H3;4,6H,1-3,5H2;2-3H,1H3;2-3H,1H3;2-3H,7H2,1H3;2-3,7H,1H3. The van der Waals surface area contributed by atoms with Gasteiger partial charge in [0.15, 0.2) is 0 Å². The molecule has 18 nitrogen and oxygen atoms in total. The van der Waals surface area contributed by atoms with Crippen molar-refractivity contribution in [3.05, 3.63) is 231 Å². The van der Waals surface area contributed by atoms with E-state index in [-0.39, 0.29) is 28.3 Å². The molecule has 8 aromatic rings. The lowest BCUT2D eigenvalue weighted by Crippen LogP contribution is -2.09. The van der Waals surface area contributed by atoms with Gasteiger partial charge in [-0.15, -0.1) is 0 Å². The lowest BCUT2D eigenvalue weighted by molar-refractivity contribution is -0.105. The summed E-state index contributed by atoms with van der Waals surface area (Å²) in [7, 11) is 0. The largest absolute Gasteiger partial charge is 0.508 e. The summed E-state index contributed by atoms with van der Waals surface area (Å²) >= 11 is 3.15. The molecule has 0 unspecified atom stereocenters. The van der Waals surface area contributed by atoms with E-state index in [0.717, 1.165) is 88.5 Å². The van der Waals surface area contributed by atoms with Gasteiger partial charge in [0.2, 0.25) is 0 Å². The highest BCUT2D eigenvalue weighted by Crippen LogP contribution is 2.28. The van der Waals surface area contributed by atoms with Crippen molar-refractivity contribution in [3.63, 3.8) is 0 Å². The van der Waals surface area contributed by atoms with Crippen LogP contribution >= 0.6 is 15.9 Å². The summed E-state index contributed by atoms with van der Waals surface area (Å²) in [6, 6.07) is 23.3. The quantitative estimate of drug-likeness (QED) is 0.0704. The van der Waals surface area contributed by atoms with E-state index in [1.54, 1.807) is 39.8 Å². The average Bonchev–Trinajstić information content (AvgIpc) is 3.45. The summed E-state index contributed by atoms with van der Waals surface area (Å²) in [6.07, 6.45) is 16.8. The zero-order chi connectivity index (χ0) is 56.9. The van der Waals surface area contributed by atoms with Crippen molar-refractivity contribution in [2.24, 2.45) is 5.11 Å². The predicted molar refractivity (Wildman–Crippen MR) is 302 cm³/mol. The third-order valence-electron chi connectivity index (χ3n) is 11.9. The third kappa shape index (κ3) is 19.5. The molecule has 2 aromatic carbocycles. The number of allylic oxidation sites excluding steroid dienone is 2. The van der Waals surface area contributed by atoms with Gasteiger partial charge in [0, 0.05) is 45.0 Å². The molecule has 0 radical (unpaired) electrons. The second kappa shape index (κ2) is 29.7. The van der Waals surface area contributed by atoms with Crippen LogP contribution in [0.5, 0.6) is 5.75 Å². The van der Waals surface area contributed by atoms with Crippen LogP contribution in [0.15, 0.2) is 161 Å². The number of rotatable bonds is 2. The van der Waals surface area contributed by atoms with Crippen LogP contribution in [0.3, 0.4) is 0 Å². The number of anilines is 1. The Morgan fingerprint density at radius 1 is 0.551 bits per heavy atom. The van der Waals surface area contributed by atoms with E-state index in [1.807, 2.05) is 44.2 Å². The third-order valence-corrected chi connectivity index (χ3v) is 12.4. The average molecular weight is 1130 g/mol. The first-order valence-electron chi connectivity index (χ1n) is 25.1. The molecule has 0 spiro atoms. The second-order valence-corrected chi connectivity index (χ2v) is 19.3. The van der Waals surface area contributed by atoms with E-state index in [9.17, 15) is 33.6 Å². The van der Waals surface area contributed by atoms with Crippen LogP contribution in [0, 0.1) is 41.5 Å². The van der Waals surface area contributed by atoms with E-state index in [4.69, 9.17) is 25.2 Å². The van der Waals surface area contributed by atoms with Gasteiger partial charge in [-0.25, -0.2) is 28.8 Å². The second-order valence-electron chi connectivity index (χ2n) is 18.4. The highest BCUT2D eigenvalue weighted by Gasteiger charge is 2.16. The lowest BCUT2D eigenvalue weighted by Gasteiger charge is -2.16. The molecule has 0 bridgehead atoms. The van der Waals surface area contributed by atoms with Crippen LogP contribution in [-0.2, 0) is 30.5 Å². The number of carbonyl (C=O) groups excluding carboxylic acids is 1. The Labute approximate surface area is 455 Å². The summed E-state index contributed by atoms with van der Waals surface area (Å²) in [5, 5.41) is 15.6. The highest BCUT2D eigenvalue weighted by atomic mass is 79.9. The molecule has 0 aliphatic heterocycles. The molecule has 3 aliphatic rings. The Balaban J connectivity index is 0.000000171. The van der Waals surface area contributed by atoms with Crippen molar-refractivity contribution in [1.29, 1.82) is 0 Å². The van der Waals surface area contributed by atoms with Crippen LogP contribution in [-0.4, -0.2) is 11.4 Å². The smallest absolute Gasteiger partial charge is 0.344 e. The first-order chi connectivity index (χ1) is 37.2. The van der Waals surface area contributed by atoms with E-state index in [2.05, 4.69) is 55.8 Å². The van der Waals surface area contributed by atoms with Gasteiger partial charge in [0.25, 0.3) is 0 Å². The molecule has 3 aliphatic carbocycles. The van der Waals surface area contributed by atoms with Crippen molar-refractivity contribution in [2.75, 3.05) is 5.73 Å². The maximum absolute atomic E-state index is 11.9. The SMILES string of the molecule is Cc1cc(Br)cc(=O)o1.Cc1cc(N)cc(=O)o1.Cc1cc(N=[N+]=[N-])cc(=O)o1.Cc1cc(O)cc(=O)o1.Cc1cc2cc3c(cc2c(=O)o1)CCCC3.Cc1cc2ccc3c(c2c(=O)o1)CCCC3.O=CC1=CCCCC1. The fourth-order valence-electron chi connectivity index (χ4n) is 8.66. The predicted octanol–water partition coefficient (Wildman–Crippen LogP) is 12.4. The van der Waals surface area contributed by atoms with Gasteiger partial charge >= 0.3 is 33.8 Å². The summed E-state index contributed by atoms with van der Waals surface area (Å²) < 4.78 is 29.5. The maximum Gasteiger partial charge on any atom is 0.344 e. The van der Waals surface area contributed by atoms with Crippen LogP contribution in [0.4, 0.5) is 11.4 Å². The van der Waals surface area contributed by atoms with Crippen LogP contribution in [0.2, 0.25) is 0 Å². The van der Waals surface area contributed by atoms with Gasteiger partial charge in [-0.3, -0.25) is 4.79 Å². The van der Waals surface area contributed by atoms with Crippen molar-refractivity contribution >= 4 is 55.1 Å². The number of aryl methyl sites for hydroxylation is 10. The molecule has 0 saturated heterocycles. The minimum absolute atomic E-state index is 0.0521. The summed E-state index contributed by atoms with van der Waals surface area (Å²) in [4.78, 5) is 78.2. The number of aldehydes is 1. The molecular weight excluding hydrogens is 1070 g/mol. The van der Waals surface area contributed by atoms with Gasteiger partial charge in [-0.1, -0.05) is 45.3 Å². The fourth-order valence-corrected chi connectivity index (χ4v) is 9.17. The van der Waals surface area contributed by atoms with Crippen LogP contribution in [0.25, 0.3) is 32.0 Å².